The fourth-order valence-corrected chi connectivity index (χ4v) is 4.71. The van der Waals surface area contributed by atoms with Gasteiger partial charge in [-0.2, -0.15) is 0 Å². The molecule has 0 bridgehead atoms. The Hall–Kier alpha value is -3.61. The van der Waals surface area contributed by atoms with E-state index in [4.69, 9.17) is 9.47 Å². The molecule has 2 atom stereocenters. The van der Waals surface area contributed by atoms with Crippen LogP contribution < -0.4 is 20.1 Å². The number of hydrogen-bond donors (Lipinski definition) is 2. The van der Waals surface area contributed by atoms with Crippen molar-refractivity contribution >= 4 is 17.5 Å². The van der Waals surface area contributed by atoms with E-state index < -0.39 is 5.92 Å². The third-order valence-corrected chi connectivity index (χ3v) is 6.17. The van der Waals surface area contributed by atoms with Gasteiger partial charge in [0.2, 0.25) is 0 Å². The number of pyridine rings is 1. The van der Waals surface area contributed by atoms with Crippen molar-refractivity contribution in [3.05, 3.63) is 70.2 Å². The van der Waals surface area contributed by atoms with Crippen molar-refractivity contribution in [1.82, 2.24) is 10.3 Å². The predicted molar refractivity (Wildman–Crippen MR) is 126 cm³/mol. The first-order valence-corrected chi connectivity index (χ1v) is 11.0. The number of aromatic nitrogens is 1. The molecule has 4 rings (SSSR count). The number of nitrogens with zero attached hydrogens (tertiary/aromatic N) is 1. The summed E-state index contributed by atoms with van der Waals surface area (Å²) in [6, 6.07) is 9.19. The number of hydrogen-bond acceptors (Lipinski definition) is 6. The van der Waals surface area contributed by atoms with Gasteiger partial charge in [0.1, 0.15) is 5.82 Å². The molecule has 1 aliphatic heterocycles. The highest BCUT2D eigenvalue weighted by atomic mass is 16.5. The molecular weight excluding hydrogens is 418 g/mol. The molecule has 0 unspecified atom stereocenters. The van der Waals surface area contributed by atoms with Gasteiger partial charge in [-0.05, 0) is 43.9 Å². The fraction of sp³-hybridized carbons (Fsp3) is 0.346. The van der Waals surface area contributed by atoms with E-state index in [0.717, 1.165) is 23.2 Å². The molecule has 2 N–H and O–H groups in total. The second kappa shape index (κ2) is 9.10. The van der Waals surface area contributed by atoms with Crippen LogP contribution >= 0.6 is 0 Å². The SMILES string of the molecule is COc1cccc([C@H]2C(C(=O)Nc3ccc(C)cn3)=C(C)NC3=C2C(=O)C[C@H](C)C3)c1OC. The Kier molecular flexibility index (Phi) is 6.22. The minimum Gasteiger partial charge on any atom is -0.493 e. The number of dihydropyridines is 1. The lowest BCUT2D eigenvalue weighted by Crippen LogP contribution is -2.37. The lowest BCUT2D eigenvalue weighted by atomic mass is 9.72. The van der Waals surface area contributed by atoms with Crippen LogP contribution in [0, 0.1) is 12.8 Å². The molecule has 2 heterocycles. The molecule has 0 saturated heterocycles. The second-order valence-corrected chi connectivity index (χ2v) is 8.68. The molecule has 7 heteroatoms. The summed E-state index contributed by atoms with van der Waals surface area (Å²) in [5.74, 6) is 0.877. The van der Waals surface area contributed by atoms with E-state index in [9.17, 15) is 9.59 Å². The molecule has 0 fully saturated rings. The van der Waals surface area contributed by atoms with Crippen molar-refractivity contribution in [2.24, 2.45) is 5.92 Å². The molecule has 1 aromatic carbocycles. The number of benzene rings is 1. The number of carbonyl (C=O) groups is 2. The summed E-state index contributed by atoms with van der Waals surface area (Å²) in [7, 11) is 3.13. The van der Waals surface area contributed by atoms with E-state index in [0.29, 0.717) is 40.6 Å². The van der Waals surface area contributed by atoms with Crippen LogP contribution in [0.15, 0.2) is 59.1 Å². The van der Waals surface area contributed by atoms with Gasteiger partial charge in [-0.3, -0.25) is 9.59 Å². The zero-order chi connectivity index (χ0) is 23.7. The molecule has 7 nitrogen and oxygen atoms in total. The molecule has 1 aliphatic carbocycles. The molecule has 0 spiro atoms. The van der Waals surface area contributed by atoms with Gasteiger partial charge in [0, 0.05) is 40.7 Å². The fourth-order valence-electron chi connectivity index (χ4n) is 4.71. The number of Topliss-reactive ketones (excluding diaryl/α,β-unsaturated/α-hetero) is 1. The van der Waals surface area contributed by atoms with E-state index in [-0.39, 0.29) is 17.6 Å². The first-order chi connectivity index (χ1) is 15.8. The van der Waals surface area contributed by atoms with Crippen LogP contribution in [0.2, 0.25) is 0 Å². The summed E-state index contributed by atoms with van der Waals surface area (Å²) in [5, 5.41) is 6.26. The van der Waals surface area contributed by atoms with Crippen molar-refractivity contribution in [2.75, 3.05) is 19.5 Å². The van der Waals surface area contributed by atoms with Crippen molar-refractivity contribution in [3.8, 4) is 11.5 Å². The Morgan fingerprint density at radius 3 is 2.58 bits per heavy atom. The maximum atomic E-state index is 13.6. The summed E-state index contributed by atoms with van der Waals surface area (Å²) >= 11 is 0. The number of anilines is 1. The zero-order valence-electron chi connectivity index (χ0n) is 19.6. The maximum absolute atomic E-state index is 13.6. The minimum absolute atomic E-state index is 0.0392. The van der Waals surface area contributed by atoms with Crippen LogP contribution in [0.3, 0.4) is 0 Å². The number of rotatable bonds is 5. The number of para-hydroxylation sites is 1. The highest BCUT2D eigenvalue weighted by Crippen LogP contribution is 2.48. The summed E-state index contributed by atoms with van der Waals surface area (Å²) < 4.78 is 11.2. The average molecular weight is 448 g/mol. The van der Waals surface area contributed by atoms with Crippen molar-refractivity contribution < 1.29 is 19.1 Å². The first kappa shape index (κ1) is 22.6. The number of methoxy groups -OCH3 is 2. The van der Waals surface area contributed by atoms with E-state index in [2.05, 4.69) is 22.5 Å². The number of ether oxygens (including phenoxy) is 2. The van der Waals surface area contributed by atoms with Crippen LogP contribution in [0.1, 0.15) is 43.7 Å². The average Bonchev–Trinajstić information content (AvgIpc) is 2.78. The van der Waals surface area contributed by atoms with Crippen molar-refractivity contribution in [2.45, 2.75) is 39.5 Å². The van der Waals surface area contributed by atoms with Crippen LogP contribution in [0.25, 0.3) is 0 Å². The lowest BCUT2D eigenvalue weighted by Gasteiger charge is -2.36. The molecule has 1 aromatic heterocycles. The standard InChI is InChI=1S/C26H29N3O4/c1-14-9-10-21(27-13-14)29-26(31)22-16(3)28-18-11-15(2)12-19(30)24(18)23(22)17-7-6-8-20(32-4)25(17)33-5/h6-10,13,15,23,28H,11-12H2,1-5H3,(H,27,29,31)/t15-,23+/m1/s1. The van der Waals surface area contributed by atoms with Crippen LogP contribution in [0.5, 0.6) is 11.5 Å². The Morgan fingerprint density at radius 1 is 1.12 bits per heavy atom. The Balaban J connectivity index is 1.86. The predicted octanol–water partition coefficient (Wildman–Crippen LogP) is 4.26. The third-order valence-electron chi connectivity index (χ3n) is 6.17. The highest BCUT2D eigenvalue weighted by Gasteiger charge is 2.41. The van der Waals surface area contributed by atoms with Gasteiger partial charge in [0.05, 0.1) is 20.1 Å². The van der Waals surface area contributed by atoms with Gasteiger partial charge in [-0.1, -0.05) is 25.1 Å². The van der Waals surface area contributed by atoms with Gasteiger partial charge in [-0.25, -0.2) is 4.98 Å². The van der Waals surface area contributed by atoms with Gasteiger partial charge >= 0.3 is 0 Å². The van der Waals surface area contributed by atoms with Crippen molar-refractivity contribution in [3.63, 3.8) is 0 Å². The van der Waals surface area contributed by atoms with E-state index >= 15 is 0 Å². The van der Waals surface area contributed by atoms with Gasteiger partial charge in [-0.15, -0.1) is 0 Å². The molecular formula is C26H29N3O4. The zero-order valence-corrected chi connectivity index (χ0v) is 19.6. The lowest BCUT2D eigenvalue weighted by molar-refractivity contribution is -0.117. The number of amides is 1. The quantitative estimate of drug-likeness (QED) is 0.712. The second-order valence-electron chi connectivity index (χ2n) is 8.68. The van der Waals surface area contributed by atoms with E-state index in [1.165, 1.54) is 0 Å². The smallest absolute Gasteiger partial charge is 0.255 e. The first-order valence-electron chi connectivity index (χ1n) is 11.0. The van der Waals surface area contributed by atoms with E-state index in [1.807, 2.05) is 32.0 Å². The van der Waals surface area contributed by atoms with Crippen molar-refractivity contribution in [1.29, 1.82) is 0 Å². The summed E-state index contributed by atoms with van der Waals surface area (Å²) in [6.45, 7) is 5.87. The normalized spacial score (nSPS) is 20.2. The number of ketones is 1. The third kappa shape index (κ3) is 4.23. The largest absolute Gasteiger partial charge is 0.493 e. The molecule has 2 aromatic rings. The molecule has 2 aliphatic rings. The number of nitrogens with one attached hydrogen (secondary N) is 2. The molecule has 172 valence electrons. The monoisotopic (exact) mass is 447 g/mol. The van der Waals surface area contributed by atoms with Crippen LogP contribution in [-0.2, 0) is 9.59 Å². The summed E-state index contributed by atoms with van der Waals surface area (Å²) in [5.41, 5.74) is 4.37. The van der Waals surface area contributed by atoms with Gasteiger partial charge in [0.15, 0.2) is 17.3 Å². The Bertz CT molecular complexity index is 1160. The molecule has 0 saturated carbocycles. The van der Waals surface area contributed by atoms with Crippen LogP contribution in [-0.4, -0.2) is 30.9 Å². The number of aryl methyl sites for hydroxylation is 1. The van der Waals surface area contributed by atoms with E-state index in [1.54, 1.807) is 32.5 Å². The molecule has 33 heavy (non-hydrogen) atoms. The molecule has 1 amide bonds. The van der Waals surface area contributed by atoms with Gasteiger partial charge < -0.3 is 20.1 Å². The number of allylic oxidation sites excluding steroid dienone is 3. The summed E-state index contributed by atoms with van der Waals surface area (Å²) in [4.78, 5) is 31.2. The maximum Gasteiger partial charge on any atom is 0.255 e. The highest BCUT2D eigenvalue weighted by molar-refractivity contribution is 6.09. The number of carbonyl (C=O) groups excluding carboxylic acids is 2. The Morgan fingerprint density at radius 2 is 1.91 bits per heavy atom. The molecule has 0 radical (unpaired) electrons. The van der Waals surface area contributed by atoms with Gasteiger partial charge in [0.25, 0.3) is 5.91 Å². The van der Waals surface area contributed by atoms with Crippen LogP contribution in [0.4, 0.5) is 5.82 Å². The minimum atomic E-state index is -0.586. The topological polar surface area (TPSA) is 89.5 Å². The Labute approximate surface area is 193 Å². The summed E-state index contributed by atoms with van der Waals surface area (Å²) in [6.07, 6.45) is 2.89.